The minimum atomic E-state index is -0.261. The molecule has 8 heteroatoms. The highest BCUT2D eigenvalue weighted by Gasteiger charge is 2.12. The first kappa shape index (κ1) is 20.6. The number of amides is 1. The number of hydrogen-bond donors (Lipinski definition) is 1. The van der Waals surface area contributed by atoms with Crippen molar-refractivity contribution in [3.05, 3.63) is 64.6 Å². The van der Waals surface area contributed by atoms with Crippen molar-refractivity contribution in [2.45, 2.75) is 6.61 Å². The van der Waals surface area contributed by atoms with Crippen LogP contribution in [-0.2, 0) is 11.3 Å². The van der Waals surface area contributed by atoms with E-state index in [9.17, 15) is 4.79 Å². The summed E-state index contributed by atoms with van der Waals surface area (Å²) < 4.78 is 21.7. The van der Waals surface area contributed by atoms with E-state index in [2.05, 4.69) is 10.3 Å². The second-order valence-corrected chi connectivity index (χ2v) is 6.68. The highest BCUT2D eigenvalue weighted by atomic mass is 32.1. The van der Waals surface area contributed by atoms with E-state index in [1.807, 2.05) is 17.5 Å². The lowest BCUT2D eigenvalue weighted by molar-refractivity contribution is 0.102. The summed E-state index contributed by atoms with van der Waals surface area (Å²) in [5, 5.41) is 4.78. The predicted molar refractivity (Wildman–Crippen MR) is 111 cm³/mol. The van der Waals surface area contributed by atoms with Gasteiger partial charge in [-0.25, -0.2) is 4.98 Å². The molecule has 3 aromatic rings. The average molecular weight is 414 g/mol. The summed E-state index contributed by atoms with van der Waals surface area (Å²) in [6.45, 7) is 1.27. The summed E-state index contributed by atoms with van der Waals surface area (Å²) in [6.07, 6.45) is 0. The molecule has 1 heterocycles. The van der Waals surface area contributed by atoms with Gasteiger partial charge >= 0.3 is 0 Å². The molecular formula is C21H22N2O5S. The van der Waals surface area contributed by atoms with Crippen LogP contribution in [0.25, 0.3) is 0 Å². The molecule has 1 amide bonds. The molecule has 29 heavy (non-hydrogen) atoms. The topological polar surface area (TPSA) is 78.9 Å². The maximum atomic E-state index is 12.6. The number of benzene rings is 2. The summed E-state index contributed by atoms with van der Waals surface area (Å²) in [6, 6.07) is 12.2. The lowest BCUT2D eigenvalue weighted by atomic mass is 10.1. The zero-order valence-corrected chi connectivity index (χ0v) is 17.0. The fourth-order valence-electron chi connectivity index (χ4n) is 2.50. The van der Waals surface area contributed by atoms with Crippen LogP contribution in [0.4, 0.5) is 5.69 Å². The fraction of sp³-hybridized carbons (Fsp3) is 0.238. The van der Waals surface area contributed by atoms with Crippen LogP contribution >= 0.6 is 11.3 Å². The first-order valence-electron chi connectivity index (χ1n) is 8.90. The number of anilines is 1. The standard InChI is InChI=1S/C21H22N2O5S/c1-25-8-9-27-18-5-3-4-16(11-18)23-21(24)15-6-7-19(20(10-15)26-2)28-12-17-13-29-14-22-17/h3-7,10-11,13-14H,8-9,12H2,1-2H3,(H,23,24). The van der Waals surface area contributed by atoms with Crippen LogP contribution in [0, 0.1) is 0 Å². The van der Waals surface area contributed by atoms with Crippen molar-refractivity contribution in [3.8, 4) is 17.2 Å². The molecule has 0 aliphatic rings. The number of ether oxygens (including phenoxy) is 4. The van der Waals surface area contributed by atoms with E-state index < -0.39 is 0 Å². The molecule has 3 rings (SSSR count). The third kappa shape index (κ3) is 5.94. The van der Waals surface area contributed by atoms with Crippen molar-refractivity contribution < 1.29 is 23.7 Å². The first-order valence-corrected chi connectivity index (χ1v) is 9.85. The Morgan fingerprint density at radius 3 is 2.72 bits per heavy atom. The zero-order valence-electron chi connectivity index (χ0n) is 16.2. The summed E-state index contributed by atoms with van der Waals surface area (Å²) in [5.74, 6) is 1.42. The van der Waals surface area contributed by atoms with Gasteiger partial charge in [0.05, 0.1) is 24.9 Å². The molecule has 0 atom stereocenters. The van der Waals surface area contributed by atoms with Crippen LogP contribution in [0.15, 0.2) is 53.4 Å². The first-order chi connectivity index (χ1) is 14.2. The molecule has 0 fully saturated rings. The van der Waals surface area contributed by atoms with E-state index in [1.165, 1.54) is 18.4 Å². The molecule has 0 bridgehead atoms. The minimum absolute atomic E-state index is 0.261. The lowest BCUT2D eigenvalue weighted by Gasteiger charge is -2.12. The minimum Gasteiger partial charge on any atom is -0.493 e. The second kappa shape index (κ2) is 10.4. The summed E-state index contributed by atoms with van der Waals surface area (Å²) >= 11 is 1.51. The Bertz CT molecular complexity index is 931. The Kier molecular flexibility index (Phi) is 7.43. The highest BCUT2D eigenvalue weighted by molar-refractivity contribution is 7.07. The van der Waals surface area contributed by atoms with E-state index in [0.717, 1.165) is 5.69 Å². The van der Waals surface area contributed by atoms with Gasteiger partial charge in [0, 0.05) is 29.8 Å². The number of carbonyl (C=O) groups excluding carboxylic acids is 1. The monoisotopic (exact) mass is 414 g/mol. The Labute approximate surface area is 173 Å². The van der Waals surface area contributed by atoms with Crippen LogP contribution in [0.5, 0.6) is 17.2 Å². The molecule has 2 aromatic carbocycles. The number of methoxy groups -OCH3 is 2. The van der Waals surface area contributed by atoms with Crippen LogP contribution in [0.1, 0.15) is 16.1 Å². The molecule has 1 aromatic heterocycles. The third-order valence-electron chi connectivity index (χ3n) is 3.93. The number of nitrogens with zero attached hydrogens (tertiary/aromatic N) is 1. The predicted octanol–water partition coefficient (Wildman–Crippen LogP) is 4.01. The van der Waals surface area contributed by atoms with Crippen molar-refractivity contribution in [1.29, 1.82) is 0 Å². The number of hydrogen-bond acceptors (Lipinski definition) is 7. The van der Waals surface area contributed by atoms with Gasteiger partial charge in [0.1, 0.15) is 19.0 Å². The van der Waals surface area contributed by atoms with Crippen molar-refractivity contribution in [1.82, 2.24) is 4.98 Å². The van der Waals surface area contributed by atoms with Crippen molar-refractivity contribution in [2.24, 2.45) is 0 Å². The highest BCUT2D eigenvalue weighted by Crippen LogP contribution is 2.29. The van der Waals surface area contributed by atoms with Crippen LogP contribution in [0.3, 0.4) is 0 Å². The molecule has 0 spiro atoms. The summed E-state index contributed by atoms with van der Waals surface area (Å²) in [4.78, 5) is 16.8. The van der Waals surface area contributed by atoms with Gasteiger partial charge < -0.3 is 24.3 Å². The van der Waals surface area contributed by atoms with Gasteiger partial charge in [0.15, 0.2) is 11.5 Å². The Morgan fingerprint density at radius 1 is 1.07 bits per heavy atom. The Hall–Kier alpha value is -3.10. The van der Waals surface area contributed by atoms with Crippen LogP contribution in [-0.4, -0.2) is 38.3 Å². The van der Waals surface area contributed by atoms with Gasteiger partial charge in [0.25, 0.3) is 5.91 Å². The SMILES string of the molecule is COCCOc1cccc(NC(=O)c2ccc(OCc3cscn3)c(OC)c2)c1. The molecule has 0 saturated heterocycles. The number of nitrogens with one attached hydrogen (secondary N) is 1. The molecule has 1 N–H and O–H groups in total. The molecule has 0 saturated carbocycles. The van der Waals surface area contributed by atoms with Gasteiger partial charge in [-0.3, -0.25) is 4.79 Å². The molecule has 0 aliphatic carbocycles. The van der Waals surface area contributed by atoms with E-state index in [0.29, 0.717) is 48.3 Å². The normalized spacial score (nSPS) is 10.4. The quantitative estimate of drug-likeness (QED) is 0.505. The number of carbonyl (C=O) groups is 1. The van der Waals surface area contributed by atoms with Crippen LogP contribution < -0.4 is 19.5 Å². The fourth-order valence-corrected chi connectivity index (χ4v) is 3.04. The van der Waals surface area contributed by atoms with Crippen LogP contribution in [0.2, 0.25) is 0 Å². The number of rotatable bonds is 10. The van der Waals surface area contributed by atoms with Gasteiger partial charge in [-0.1, -0.05) is 6.07 Å². The number of aromatic nitrogens is 1. The largest absolute Gasteiger partial charge is 0.493 e. The maximum Gasteiger partial charge on any atom is 0.255 e. The maximum absolute atomic E-state index is 12.6. The third-order valence-corrected chi connectivity index (χ3v) is 4.57. The molecule has 0 aliphatic heterocycles. The molecule has 0 radical (unpaired) electrons. The van der Waals surface area contributed by atoms with Crippen molar-refractivity contribution >= 4 is 22.9 Å². The van der Waals surface area contributed by atoms with Gasteiger partial charge in [-0.05, 0) is 30.3 Å². The smallest absolute Gasteiger partial charge is 0.255 e. The van der Waals surface area contributed by atoms with E-state index in [-0.39, 0.29) is 5.91 Å². The summed E-state index contributed by atoms with van der Waals surface area (Å²) in [7, 11) is 3.15. The lowest BCUT2D eigenvalue weighted by Crippen LogP contribution is -2.12. The van der Waals surface area contributed by atoms with E-state index in [4.69, 9.17) is 18.9 Å². The molecule has 7 nitrogen and oxygen atoms in total. The Balaban J connectivity index is 1.65. The summed E-state index contributed by atoms with van der Waals surface area (Å²) in [5.41, 5.74) is 3.67. The molecule has 152 valence electrons. The van der Waals surface area contributed by atoms with Gasteiger partial charge in [0.2, 0.25) is 0 Å². The number of thiazole rings is 1. The second-order valence-electron chi connectivity index (χ2n) is 5.96. The van der Waals surface area contributed by atoms with Gasteiger partial charge in [-0.15, -0.1) is 11.3 Å². The van der Waals surface area contributed by atoms with E-state index in [1.54, 1.807) is 43.0 Å². The Morgan fingerprint density at radius 2 is 1.97 bits per heavy atom. The van der Waals surface area contributed by atoms with E-state index >= 15 is 0 Å². The van der Waals surface area contributed by atoms with Crippen molar-refractivity contribution in [3.63, 3.8) is 0 Å². The molecular weight excluding hydrogens is 392 g/mol. The van der Waals surface area contributed by atoms with Gasteiger partial charge in [-0.2, -0.15) is 0 Å². The zero-order chi connectivity index (χ0) is 20.5. The molecule has 0 unspecified atom stereocenters. The average Bonchev–Trinajstić information content (AvgIpc) is 3.26. The van der Waals surface area contributed by atoms with Crippen molar-refractivity contribution in [2.75, 3.05) is 32.8 Å².